The Morgan fingerprint density at radius 3 is 2.71 bits per heavy atom. The van der Waals surface area contributed by atoms with E-state index in [2.05, 4.69) is 6.58 Å². The van der Waals surface area contributed by atoms with Gasteiger partial charge in [-0.15, -0.1) is 0 Å². The zero-order valence-corrected chi connectivity index (χ0v) is 8.87. The fourth-order valence-corrected chi connectivity index (χ4v) is 3.40. The van der Waals surface area contributed by atoms with Crippen molar-refractivity contribution >= 4 is 0 Å². The second-order valence-corrected chi connectivity index (χ2v) is 5.14. The van der Waals surface area contributed by atoms with Gasteiger partial charge in [-0.05, 0) is 30.3 Å². The molecular weight excluding hydrogens is 176 g/mol. The van der Waals surface area contributed by atoms with Crippen molar-refractivity contribution in [3.8, 4) is 0 Å². The van der Waals surface area contributed by atoms with E-state index >= 15 is 0 Å². The first-order valence-electron chi connectivity index (χ1n) is 5.59. The van der Waals surface area contributed by atoms with Crippen LogP contribution in [0.3, 0.4) is 0 Å². The molecule has 80 valence electrons. The maximum atomic E-state index is 10.1. The molecule has 0 aromatic heterocycles. The van der Waals surface area contributed by atoms with E-state index in [0.717, 1.165) is 18.4 Å². The number of rotatable bonds is 1. The molecule has 0 aromatic rings. The first-order chi connectivity index (χ1) is 6.61. The van der Waals surface area contributed by atoms with Crippen LogP contribution in [-0.2, 0) is 0 Å². The van der Waals surface area contributed by atoms with E-state index in [9.17, 15) is 10.2 Å². The topological polar surface area (TPSA) is 40.5 Å². The van der Waals surface area contributed by atoms with Gasteiger partial charge in [-0.1, -0.05) is 26.3 Å². The van der Waals surface area contributed by atoms with E-state index in [0.29, 0.717) is 11.8 Å². The molecule has 2 nitrogen and oxygen atoms in total. The molecule has 2 heteroatoms. The number of fused-ring (bicyclic) bond motifs is 1. The van der Waals surface area contributed by atoms with Crippen molar-refractivity contribution in [2.75, 3.05) is 6.61 Å². The molecule has 2 N–H and O–H groups in total. The average Bonchev–Trinajstić information content (AvgIpc) is 2.43. The van der Waals surface area contributed by atoms with Crippen LogP contribution in [-0.4, -0.2) is 22.9 Å². The molecule has 14 heavy (non-hydrogen) atoms. The Labute approximate surface area is 85.6 Å². The predicted octanol–water partition coefficient (Wildman–Crippen LogP) is 1.72. The molecule has 0 unspecified atom stereocenters. The van der Waals surface area contributed by atoms with Gasteiger partial charge >= 0.3 is 0 Å². The molecule has 0 radical (unpaired) electrons. The average molecular weight is 196 g/mol. The lowest BCUT2D eigenvalue weighted by Gasteiger charge is -2.36. The minimum Gasteiger partial charge on any atom is -0.396 e. The summed E-state index contributed by atoms with van der Waals surface area (Å²) in [4.78, 5) is 0. The van der Waals surface area contributed by atoms with E-state index in [1.807, 2.05) is 6.92 Å². The molecule has 0 bridgehead atoms. The van der Waals surface area contributed by atoms with Crippen molar-refractivity contribution in [2.24, 2.45) is 17.3 Å². The number of aliphatic hydroxyl groups is 2. The Balaban J connectivity index is 2.30. The van der Waals surface area contributed by atoms with E-state index in [1.54, 1.807) is 0 Å². The van der Waals surface area contributed by atoms with Crippen LogP contribution >= 0.6 is 0 Å². The molecule has 0 aliphatic heterocycles. The minimum absolute atomic E-state index is 0.0777. The van der Waals surface area contributed by atoms with Crippen LogP contribution in [0.5, 0.6) is 0 Å². The molecule has 0 amide bonds. The predicted molar refractivity (Wildman–Crippen MR) is 55.8 cm³/mol. The third-order valence-electron chi connectivity index (χ3n) is 4.41. The molecule has 2 rings (SSSR count). The second-order valence-electron chi connectivity index (χ2n) is 5.14. The number of aliphatic hydroxyl groups excluding tert-OH is 2. The van der Waals surface area contributed by atoms with Gasteiger partial charge in [0.1, 0.15) is 0 Å². The van der Waals surface area contributed by atoms with Gasteiger partial charge in [0.15, 0.2) is 0 Å². The summed E-state index contributed by atoms with van der Waals surface area (Å²) in [7, 11) is 0. The van der Waals surface area contributed by atoms with Gasteiger partial charge in [0, 0.05) is 5.41 Å². The Hall–Kier alpha value is -0.340. The highest BCUT2D eigenvalue weighted by atomic mass is 16.3. The standard InChI is InChI=1S/C12H20O2/c1-8-9-5-3-4-6-10(9)12(2,7-13)11(8)14/h9-11,13-14H,1,3-7H2,2H3/t9-,10+,11-,12+/m1/s1. The lowest BCUT2D eigenvalue weighted by atomic mass is 9.70. The molecule has 2 saturated carbocycles. The highest BCUT2D eigenvalue weighted by molar-refractivity contribution is 5.23. The zero-order valence-electron chi connectivity index (χ0n) is 8.87. The summed E-state index contributed by atoms with van der Waals surface area (Å²) in [5.41, 5.74) is 0.633. The second kappa shape index (κ2) is 3.35. The van der Waals surface area contributed by atoms with Crippen LogP contribution in [0.25, 0.3) is 0 Å². The molecule has 2 aliphatic carbocycles. The van der Waals surface area contributed by atoms with Gasteiger partial charge in [0.2, 0.25) is 0 Å². The lowest BCUT2D eigenvalue weighted by Crippen LogP contribution is -2.37. The molecule has 0 heterocycles. The van der Waals surface area contributed by atoms with E-state index < -0.39 is 6.10 Å². The van der Waals surface area contributed by atoms with Crippen LogP contribution in [0.1, 0.15) is 32.6 Å². The van der Waals surface area contributed by atoms with Gasteiger partial charge < -0.3 is 10.2 Å². The smallest absolute Gasteiger partial charge is 0.0828 e. The summed E-state index contributed by atoms with van der Waals surface area (Å²) in [6.07, 6.45) is 4.26. The van der Waals surface area contributed by atoms with Crippen molar-refractivity contribution in [3.63, 3.8) is 0 Å². The van der Waals surface area contributed by atoms with Crippen molar-refractivity contribution < 1.29 is 10.2 Å². The third-order valence-corrected chi connectivity index (χ3v) is 4.41. The van der Waals surface area contributed by atoms with E-state index in [-0.39, 0.29) is 12.0 Å². The molecule has 0 aromatic carbocycles. The summed E-state index contributed by atoms with van der Waals surface area (Å²) in [5, 5.41) is 19.5. The van der Waals surface area contributed by atoms with Gasteiger partial charge in [-0.3, -0.25) is 0 Å². The van der Waals surface area contributed by atoms with Crippen molar-refractivity contribution in [2.45, 2.75) is 38.7 Å². The van der Waals surface area contributed by atoms with Crippen molar-refractivity contribution in [1.29, 1.82) is 0 Å². The first-order valence-corrected chi connectivity index (χ1v) is 5.59. The zero-order chi connectivity index (χ0) is 10.3. The molecule has 4 atom stereocenters. The summed E-state index contributed by atoms with van der Waals surface area (Å²) < 4.78 is 0. The quantitative estimate of drug-likeness (QED) is 0.627. The monoisotopic (exact) mass is 196 g/mol. The molecule has 2 aliphatic rings. The Kier molecular flexibility index (Phi) is 2.44. The number of hydrogen-bond donors (Lipinski definition) is 2. The van der Waals surface area contributed by atoms with Gasteiger partial charge in [0.25, 0.3) is 0 Å². The highest BCUT2D eigenvalue weighted by Gasteiger charge is 2.53. The number of hydrogen-bond acceptors (Lipinski definition) is 2. The van der Waals surface area contributed by atoms with Crippen molar-refractivity contribution in [3.05, 3.63) is 12.2 Å². The van der Waals surface area contributed by atoms with Crippen molar-refractivity contribution in [1.82, 2.24) is 0 Å². The summed E-state index contributed by atoms with van der Waals surface area (Å²) in [6.45, 7) is 6.08. The van der Waals surface area contributed by atoms with Crippen LogP contribution in [0.2, 0.25) is 0 Å². The van der Waals surface area contributed by atoms with Crippen LogP contribution in [0.15, 0.2) is 12.2 Å². The minimum atomic E-state index is -0.499. The van der Waals surface area contributed by atoms with Crippen LogP contribution in [0, 0.1) is 17.3 Å². The molecule has 0 spiro atoms. The Bertz CT molecular complexity index is 249. The van der Waals surface area contributed by atoms with Gasteiger partial charge in [0.05, 0.1) is 12.7 Å². The fraction of sp³-hybridized carbons (Fsp3) is 0.833. The maximum Gasteiger partial charge on any atom is 0.0828 e. The molecule has 0 saturated heterocycles. The molecular formula is C12H20O2. The maximum absolute atomic E-state index is 10.1. The lowest BCUT2D eigenvalue weighted by molar-refractivity contribution is -0.00837. The summed E-state index contributed by atoms with van der Waals surface area (Å²) in [5.74, 6) is 0.902. The Morgan fingerprint density at radius 1 is 1.43 bits per heavy atom. The van der Waals surface area contributed by atoms with Crippen LogP contribution < -0.4 is 0 Å². The fourth-order valence-electron chi connectivity index (χ4n) is 3.40. The van der Waals surface area contributed by atoms with Gasteiger partial charge in [-0.25, -0.2) is 0 Å². The summed E-state index contributed by atoms with van der Waals surface area (Å²) >= 11 is 0. The van der Waals surface area contributed by atoms with Crippen LogP contribution in [0.4, 0.5) is 0 Å². The largest absolute Gasteiger partial charge is 0.396 e. The molecule has 2 fully saturated rings. The van der Waals surface area contributed by atoms with E-state index in [1.165, 1.54) is 12.8 Å². The SMILES string of the molecule is C=C1[C@H]2CCCC[C@@H]2[C@](C)(CO)[C@@H]1O. The van der Waals surface area contributed by atoms with E-state index in [4.69, 9.17) is 0 Å². The normalized spacial score (nSPS) is 47.9. The Morgan fingerprint density at radius 2 is 2.07 bits per heavy atom. The third kappa shape index (κ3) is 1.17. The summed E-state index contributed by atoms with van der Waals surface area (Å²) in [6, 6.07) is 0. The highest BCUT2D eigenvalue weighted by Crippen LogP contribution is 2.54. The van der Waals surface area contributed by atoms with Gasteiger partial charge in [-0.2, -0.15) is 0 Å². The first kappa shape index (κ1) is 10.2.